The number of aromatic nitrogens is 2. The minimum absolute atomic E-state index is 0.959. The predicted molar refractivity (Wildman–Crippen MR) is 141 cm³/mol. The minimum Gasteiger partial charge on any atom is -0.138 e. The summed E-state index contributed by atoms with van der Waals surface area (Å²) in [6.45, 7) is 8.62. The topological polar surface area (TPSA) is 25.8 Å². The SMILES string of the molecule is Cc1ccccc1-c1ccc(-c2nnc(-c3ccc(-c4ccccc4C)cc3C)s2)c(C)c1. The Morgan fingerprint density at radius 3 is 1.27 bits per heavy atom. The molecule has 0 aliphatic heterocycles. The molecule has 0 radical (unpaired) electrons. The zero-order valence-electron chi connectivity index (χ0n) is 19.4. The van der Waals surface area contributed by atoms with Crippen molar-refractivity contribution in [3.63, 3.8) is 0 Å². The second kappa shape index (κ2) is 8.76. The molecule has 162 valence electrons. The van der Waals surface area contributed by atoms with Gasteiger partial charge in [-0.05, 0) is 72.2 Å². The van der Waals surface area contributed by atoms with Crippen molar-refractivity contribution in [2.45, 2.75) is 27.7 Å². The molecule has 4 aromatic carbocycles. The van der Waals surface area contributed by atoms with Crippen molar-refractivity contribution in [1.29, 1.82) is 0 Å². The molecule has 33 heavy (non-hydrogen) atoms. The average molecular weight is 447 g/mol. The number of rotatable bonds is 4. The van der Waals surface area contributed by atoms with Crippen molar-refractivity contribution >= 4 is 11.3 Å². The van der Waals surface area contributed by atoms with E-state index in [2.05, 4.69) is 123 Å². The van der Waals surface area contributed by atoms with Crippen LogP contribution in [0.2, 0.25) is 0 Å². The molecule has 2 nitrogen and oxygen atoms in total. The maximum absolute atomic E-state index is 4.55. The number of nitrogens with zero attached hydrogens (tertiary/aromatic N) is 2. The fourth-order valence-corrected chi connectivity index (χ4v) is 5.40. The summed E-state index contributed by atoms with van der Waals surface area (Å²) in [6, 6.07) is 30.2. The molecule has 0 atom stereocenters. The predicted octanol–water partition coefficient (Wildman–Crippen LogP) is 8.44. The number of hydrogen-bond acceptors (Lipinski definition) is 3. The van der Waals surface area contributed by atoms with Gasteiger partial charge in [0, 0.05) is 11.1 Å². The lowest BCUT2D eigenvalue weighted by molar-refractivity contribution is 1.10. The Morgan fingerprint density at radius 2 is 0.879 bits per heavy atom. The van der Waals surface area contributed by atoms with E-state index in [1.807, 2.05) is 0 Å². The van der Waals surface area contributed by atoms with Crippen LogP contribution in [0.5, 0.6) is 0 Å². The van der Waals surface area contributed by atoms with Gasteiger partial charge in [-0.1, -0.05) is 96.3 Å². The third-order valence-corrected chi connectivity index (χ3v) is 7.24. The summed E-state index contributed by atoms with van der Waals surface area (Å²) in [6.07, 6.45) is 0. The van der Waals surface area contributed by atoms with Gasteiger partial charge in [-0.25, -0.2) is 0 Å². The smallest absolute Gasteiger partial charge is 0.138 e. The van der Waals surface area contributed by atoms with Crippen LogP contribution < -0.4 is 0 Å². The van der Waals surface area contributed by atoms with E-state index in [-0.39, 0.29) is 0 Å². The average Bonchev–Trinajstić information content (AvgIpc) is 3.29. The first kappa shape index (κ1) is 21.3. The quantitative estimate of drug-likeness (QED) is 0.277. The van der Waals surface area contributed by atoms with Crippen molar-refractivity contribution in [3.05, 3.63) is 107 Å². The Bertz CT molecular complexity index is 1350. The van der Waals surface area contributed by atoms with E-state index in [4.69, 9.17) is 0 Å². The highest BCUT2D eigenvalue weighted by Gasteiger charge is 2.14. The summed E-state index contributed by atoms with van der Waals surface area (Å²) < 4.78 is 0. The van der Waals surface area contributed by atoms with Crippen molar-refractivity contribution in [2.24, 2.45) is 0 Å². The third kappa shape index (κ3) is 4.12. The molecule has 0 saturated heterocycles. The summed E-state index contributed by atoms with van der Waals surface area (Å²) in [4.78, 5) is 0. The highest BCUT2D eigenvalue weighted by atomic mass is 32.1. The summed E-state index contributed by atoms with van der Waals surface area (Å²) in [7, 11) is 0. The van der Waals surface area contributed by atoms with Crippen LogP contribution in [0.3, 0.4) is 0 Å². The van der Waals surface area contributed by atoms with E-state index in [1.54, 1.807) is 11.3 Å². The van der Waals surface area contributed by atoms with Crippen LogP contribution in [0.1, 0.15) is 22.3 Å². The molecular weight excluding hydrogens is 420 g/mol. The van der Waals surface area contributed by atoms with Gasteiger partial charge in [0.1, 0.15) is 10.0 Å². The van der Waals surface area contributed by atoms with Gasteiger partial charge in [0.05, 0.1) is 0 Å². The summed E-state index contributed by atoms with van der Waals surface area (Å²) in [5.74, 6) is 0. The lowest BCUT2D eigenvalue weighted by atomic mass is 9.97. The molecule has 0 unspecified atom stereocenters. The van der Waals surface area contributed by atoms with Gasteiger partial charge in [-0.15, -0.1) is 10.2 Å². The molecule has 5 rings (SSSR count). The maximum Gasteiger partial charge on any atom is 0.148 e. The van der Waals surface area contributed by atoms with Gasteiger partial charge in [-0.2, -0.15) is 0 Å². The molecule has 5 aromatic rings. The highest BCUT2D eigenvalue weighted by molar-refractivity contribution is 7.18. The number of aryl methyl sites for hydroxylation is 4. The van der Waals surface area contributed by atoms with Crippen LogP contribution >= 0.6 is 11.3 Å². The third-order valence-electron chi connectivity index (χ3n) is 6.25. The largest absolute Gasteiger partial charge is 0.148 e. The lowest BCUT2D eigenvalue weighted by Crippen LogP contribution is -1.87. The minimum atomic E-state index is 0.959. The van der Waals surface area contributed by atoms with Crippen molar-refractivity contribution in [1.82, 2.24) is 10.2 Å². The summed E-state index contributed by atoms with van der Waals surface area (Å²) in [5.41, 5.74) is 12.3. The second-order valence-corrected chi connectivity index (χ2v) is 9.58. The molecule has 0 aliphatic rings. The second-order valence-electron chi connectivity index (χ2n) is 8.60. The Balaban J connectivity index is 1.46. The zero-order chi connectivity index (χ0) is 22.9. The molecule has 1 heterocycles. The van der Waals surface area contributed by atoms with E-state index >= 15 is 0 Å². The zero-order valence-corrected chi connectivity index (χ0v) is 20.2. The Morgan fingerprint density at radius 1 is 0.455 bits per heavy atom. The van der Waals surface area contributed by atoms with Gasteiger partial charge in [0.15, 0.2) is 0 Å². The van der Waals surface area contributed by atoms with Crippen molar-refractivity contribution < 1.29 is 0 Å². The first-order valence-electron chi connectivity index (χ1n) is 11.2. The van der Waals surface area contributed by atoms with Crippen LogP contribution in [-0.4, -0.2) is 10.2 Å². The number of benzene rings is 4. The van der Waals surface area contributed by atoms with Gasteiger partial charge in [0.2, 0.25) is 0 Å². The molecule has 0 bridgehead atoms. The molecule has 0 spiro atoms. The summed E-state index contributed by atoms with van der Waals surface area (Å²) in [5, 5.41) is 11.0. The monoisotopic (exact) mass is 446 g/mol. The van der Waals surface area contributed by atoms with Crippen LogP contribution in [0.25, 0.3) is 43.4 Å². The fourth-order valence-electron chi connectivity index (χ4n) is 4.38. The van der Waals surface area contributed by atoms with Gasteiger partial charge >= 0.3 is 0 Å². The standard InChI is InChI=1S/C30H26N2S/c1-19-9-5-7-11-25(19)23-13-15-27(21(3)17-23)29-31-32-30(33-29)28-16-14-24(18-22(28)4)26-12-8-6-10-20(26)2/h5-18H,1-4H3. The molecule has 0 aliphatic carbocycles. The fraction of sp³-hybridized carbons (Fsp3) is 0.133. The lowest BCUT2D eigenvalue weighted by Gasteiger charge is -2.09. The molecular formula is C30H26N2S. The van der Waals surface area contributed by atoms with Crippen molar-refractivity contribution in [2.75, 3.05) is 0 Å². The highest BCUT2D eigenvalue weighted by Crippen LogP contribution is 2.36. The normalized spacial score (nSPS) is 11.0. The first-order valence-corrected chi connectivity index (χ1v) is 12.0. The van der Waals surface area contributed by atoms with E-state index in [0.29, 0.717) is 0 Å². The summed E-state index contributed by atoms with van der Waals surface area (Å²) >= 11 is 1.65. The Kier molecular flexibility index (Phi) is 5.65. The molecule has 1 aromatic heterocycles. The first-order chi connectivity index (χ1) is 16.0. The van der Waals surface area contributed by atoms with Crippen LogP contribution in [-0.2, 0) is 0 Å². The maximum atomic E-state index is 4.55. The van der Waals surface area contributed by atoms with E-state index in [9.17, 15) is 0 Å². The Labute approximate surface area is 199 Å². The number of hydrogen-bond donors (Lipinski definition) is 0. The molecule has 0 amide bonds. The van der Waals surface area contributed by atoms with E-state index in [0.717, 1.165) is 21.1 Å². The van der Waals surface area contributed by atoms with E-state index in [1.165, 1.54) is 44.5 Å². The Hall–Kier alpha value is -3.56. The molecule has 3 heteroatoms. The van der Waals surface area contributed by atoms with Crippen LogP contribution in [0, 0.1) is 27.7 Å². The van der Waals surface area contributed by atoms with E-state index < -0.39 is 0 Å². The van der Waals surface area contributed by atoms with Crippen LogP contribution in [0.4, 0.5) is 0 Å². The van der Waals surface area contributed by atoms with Gasteiger partial charge in [-0.3, -0.25) is 0 Å². The van der Waals surface area contributed by atoms with Crippen LogP contribution in [0.15, 0.2) is 84.9 Å². The molecule has 0 N–H and O–H groups in total. The van der Waals surface area contributed by atoms with Crippen molar-refractivity contribution in [3.8, 4) is 43.4 Å². The van der Waals surface area contributed by atoms with Gasteiger partial charge in [0.25, 0.3) is 0 Å². The molecule has 0 saturated carbocycles. The molecule has 0 fully saturated rings. The van der Waals surface area contributed by atoms with Gasteiger partial charge < -0.3 is 0 Å².